The highest BCUT2D eigenvalue weighted by Crippen LogP contribution is 2.22. The van der Waals surface area contributed by atoms with Gasteiger partial charge in [-0.3, -0.25) is 0 Å². The first-order valence-electron chi connectivity index (χ1n) is 8.30. The molecule has 1 aliphatic heterocycles. The number of benzene rings is 1. The van der Waals surface area contributed by atoms with Gasteiger partial charge in [-0.1, -0.05) is 6.07 Å². The van der Waals surface area contributed by atoms with Gasteiger partial charge in [0.2, 0.25) is 5.95 Å². The molecule has 5 nitrogen and oxygen atoms in total. The van der Waals surface area contributed by atoms with Gasteiger partial charge in [-0.05, 0) is 37.5 Å². The number of anilines is 1. The highest BCUT2D eigenvalue weighted by Gasteiger charge is 2.14. The van der Waals surface area contributed by atoms with Crippen LogP contribution < -0.4 is 15.0 Å². The predicted octanol–water partition coefficient (Wildman–Crippen LogP) is 3.08. The van der Waals surface area contributed by atoms with Crippen molar-refractivity contribution in [3.63, 3.8) is 0 Å². The minimum Gasteiger partial charge on any atom is -0.494 e. The highest BCUT2D eigenvalue weighted by atomic mass is 19.1. The molecule has 6 heteroatoms. The number of nitrogens with zero attached hydrogens (tertiary/aromatic N) is 3. The fourth-order valence-corrected chi connectivity index (χ4v) is 2.86. The number of halogens is 1. The molecule has 1 atom stereocenters. The van der Waals surface area contributed by atoms with Crippen LogP contribution in [0.3, 0.4) is 0 Å². The molecule has 1 aliphatic rings. The van der Waals surface area contributed by atoms with Gasteiger partial charge in [-0.15, -0.1) is 0 Å². The van der Waals surface area contributed by atoms with Gasteiger partial charge in [0.1, 0.15) is 0 Å². The van der Waals surface area contributed by atoms with Crippen LogP contribution in [-0.4, -0.2) is 30.2 Å². The largest absolute Gasteiger partial charge is 0.494 e. The number of ether oxygens (including phenoxy) is 1. The maximum atomic E-state index is 13.8. The summed E-state index contributed by atoms with van der Waals surface area (Å²) in [5.41, 5.74) is 1.89. The molecule has 2 aromatic rings. The zero-order chi connectivity index (χ0) is 16.9. The molecule has 1 N–H and O–H groups in total. The minimum absolute atomic E-state index is 0.0173. The van der Waals surface area contributed by atoms with E-state index in [2.05, 4.69) is 20.2 Å². The Hall–Kier alpha value is -2.21. The molecular weight excluding hydrogens is 307 g/mol. The fraction of sp³-hybridized carbons (Fsp3) is 0.444. The first-order chi connectivity index (χ1) is 11.7. The number of aromatic nitrogens is 2. The summed E-state index contributed by atoms with van der Waals surface area (Å²) in [5.74, 6) is 0.723. The molecule has 0 amide bonds. The van der Waals surface area contributed by atoms with E-state index in [4.69, 9.17) is 4.74 Å². The second-order valence-corrected chi connectivity index (χ2v) is 6.08. The van der Waals surface area contributed by atoms with E-state index >= 15 is 0 Å². The maximum Gasteiger partial charge on any atom is 0.225 e. The smallest absolute Gasteiger partial charge is 0.225 e. The Bertz CT molecular complexity index is 671. The van der Waals surface area contributed by atoms with Crippen LogP contribution in [0, 0.1) is 5.82 Å². The van der Waals surface area contributed by atoms with E-state index < -0.39 is 0 Å². The van der Waals surface area contributed by atoms with Crippen molar-refractivity contribution < 1.29 is 9.13 Å². The lowest BCUT2D eigenvalue weighted by Gasteiger charge is -2.16. The summed E-state index contributed by atoms with van der Waals surface area (Å²) in [7, 11) is 1.46. The topological polar surface area (TPSA) is 50.3 Å². The van der Waals surface area contributed by atoms with Gasteiger partial charge in [0.05, 0.1) is 7.11 Å². The average molecular weight is 330 g/mol. The Morgan fingerprint density at radius 3 is 2.58 bits per heavy atom. The van der Waals surface area contributed by atoms with Crippen LogP contribution >= 0.6 is 0 Å². The number of hydrogen-bond acceptors (Lipinski definition) is 5. The molecule has 2 heterocycles. The third-order valence-electron chi connectivity index (χ3n) is 4.37. The molecule has 1 aromatic heterocycles. The number of rotatable bonds is 6. The zero-order valence-electron chi connectivity index (χ0n) is 14.1. The summed E-state index contributed by atoms with van der Waals surface area (Å²) < 4.78 is 18.7. The van der Waals surface area contributed by atoms with E-state index in [1.165, 1.54) is 26.0 Å². The molecule has 128 valence electrons. The van der Waals surface area contributed by atoms with Crippen molar-refractivity contribution in [1.82, 2.24) is 15.3 Å². The molecular formula is C18H23FN4O. The van der Waals surface area contributed by atoms with E-state index in [0.29, 0.717) is 6.54 Å². The second kappa shape index (κ2) is 7.57. The van der Waals surface area contributed by atoms with Crippen molar-refractivity contribution in [3.05, 3.63) is 47.5 Å². The molecule has 1 fully saturated rings. The van der Waals surface area contributed by atoms with Crippen molar-refractivity contribution in [2.75, 3.05) is 25.1 Å². The lowest BCUT2D eigenvalue weighted by atomic mass is 10.1. The Morgan fingerprint density at radius 2 is 1.96 bits per heavy atom. The van der Waals surface area contributed by atoms with Crippen LogP contribution in [0.15, 0.2) is 30.6 Å². The number of hydrogen-bond donors (Lipinski definition) is 1. The van der Waals surface area contributed by atoms with Crippen molar-refractivity contribution in [3.8, 4) is 5.75 Å². The first-order valence-corrected chi connectivity index (χ1v) is 8.30. The van der Waals surface area contributed by atoms with E-state index in [0.717, 1.165) is 30.2 Å². The van der Waals surface area contributed by atoms with Crippen LogP contribution in [-0.2, 0) is 6.54 Å². The summed E-state index contributed by atoms with van der Waals surface area (Å²) >= 11 is 0. The standard InChI is InChI=1S/C18H23FN4O/c1-13(15-5-6-17(24-2)16(19)9-15)20-10-14-11-21-18(22-12-14)23-7-3-4-8-23/h5-6,9,11-13,20H,3-4,7-8,10H2,1-2H3. The maximum absolute atomic E-state index is 13.8. The molecule has 0 bridgehead atoms. The summed E-state index contributed by atoms with van der Waals surface area (Å²) in [5, 5.41) is 3.37. The zero-order valence-corrected chi connectivity index (χ0v) is 14.1. The SMILES string of the molecule is COc1ccc(C(C)NCc2cnc(N3CCCC3)nc2)cc1F. The first kappa shape index (κ1) is 16.6. The summed E-state index contributed by atoms with van der Waals surface area (Å²) in [6.45, 7) is 4.71. The van der Waals surface area contributed by atoms with Gasteiger partial charge in [0.15, 0.2) is 11.6 Å². The summed E-state index contributed by atoms with van der Waals surface area (Å²) in [6, 6.07) is 5.04. The number of nitrogens with one attached hydrogen (secondary N) is 1. The minimum atomic E-state index is -0.345. The van der Waals surface area contributed by atoms with Crippen LogP contribution in [0.25, 0.3) is 0 Å². The second-order valence-electron chi connectivity index (χ2n) is 6.08. The van der Waals surface area contributed by atoms with Crippen LogP contribution in [0.1, 0.15) is 36.9 Å². The van der Waals surface area contributed by atoms with Crippen molar-refractivity contribution in [1.29, 1.82) is 0 Å². The van der Waals surface area contributed by atoms with Crippen LogP contribution in [0.2, 0.25) is 0 Å². The average Bonchev–Trinajstić information content (AvgIpc) is 3.14. The highest BCUT2D eigenvalue weighted by molar-refractivity contribution is 5.32. The van der Waals surface area contributed by atoms with Gasteiger partial charge in [-0.2, -0.15) is 0 Å². The Balaban J connectivity index is 1.57. The van der Waals surface area contributed by atoms with Gasteiger partial charge < -0.3 is 15.0 Å². The third kappa shape index (κ3) is 3.82. The third-order valence-corrected chi connectivity index (χ3v) is 4.37. The van der Waals surface area contributed by atoms with Gasteiger partial charge >= 0.3 is 0 Å². The molecule has 1 aromatic carbocycles. The van der Waals surface area contributed by atoms with Gasteiger partial charge in [0, 0.05) is 43.6 Å². The van der Waals surface area contributed by atoms with E-state index in [1.807, 2.05) is 25.4 Å². The molecule has 1 unspecified atom stereocenters. The molecule has 0 radical (unpaired) electrons. The van der Waals surface area contributed by atoms with Gasteiger partial charge in [0.25, 0.3) is 0 Å². The van der Waals surface area contributed by atoms with Crippen molar-refractivity contribution in [2.45, 2.75) is 32.4 Å². The number of methoxy groups -OCH3 is 1. The summed E-state index contributed by atoms with van der Waals surface area (Å²) in [4.78, 5) is 11.1. The van der Waals surface area contributed by atoms with E-state index in [9.17, 15) is 4.39 Å². The van der Waals surface area contributed by atoms with E-state index in [-0.39, 0.29) is 17.6 Å². The van der Waals surface area contributed by atoms with Crippen LogP contribution in [0.4, 0.5) is 10.3 Å². The van der Waals surface area contributed by atoms with Crippen LogP contribution in [0.5, 0.6) is 5.75 Å². The van der Waals surface area contributed by atoms with E-state index in [1.54, 1.807) is 6.07 Å². The Labute approximate surface area is 141 Å². The van der Waals surface area contributed by atoms with Gasteiger partial charge in [-0.25, -0.2) is 14.4 Å². The Kier molecular flexibility index (Phi) is 5.25. The normalized spacial score (nSPS) is 15.5. The lowest BCUT2D eigenvalue weighted by Crippen LogP contribution is -2.21. The lowest BCUT2D eigenvalue weighted by molar-refractivity contribution is 0.385. The Morgan fingerprint density at radius 1 is 1.25 bits per heavy atom. The summed E-state index contributed by atoms with van der Waals surface area (Å²) in [6.07, 6.45) is 6.13. The molecule has 3 rings (SSSR count). The molecule has 0 aliphatic carbocycles. The molecule has 24 heavy (non-hydrogen) atoms. The monoisotopic (exact) mass is 330 g/mol. The predicted molar refractivity (Wildman–Crippen MR) is 91.7 cm³/mol. The fourth-order valence-electron chi connectivity index (χ4n) is 2.86. The quantitative estimate of drug-likeness (QED) is 0.882. The molecule has 1 saturated heterocycles. The molecule has 0 spiro atoms. The van der Waals surface area contributed by atoms with Crippen molar-refractivity contribution >= 4 is 5.95 Å². The molecule has 0 saturated carbocycles. The van der Waals surface area contributed by atoms with Crippen molar-refractivity contribution in [2.24, 2.45) is 0 Å².